The molecule has 1 amide bonds. The van der Waals surface area contributed by atoms with Crippen molar-refractivity contribution in [1.82, 2.24) is 0 Å². The number of amides is 1. The van der Waals surface area contributed by atoms with Crippen molar-refractivity contribution in [1.29, 1.82) is 5.41 Å². The Kier molecular flexibility index (Phi) is 4.28. The first-order valence-corrected chi connectivity index (χ1v) is 4.94. The van der Waals surface area contributed by atoms with Gasteiger partial charge in [0.1, 0.15) is 11.5 Å². The Morgan fingerprint density at radius 1 is 1.47 bits per heavy atom. The van der Waals surface area contributed by atoms with E-state index >= 15 is 0 Å². The predicted octanol–water partition coefficient (Wildman–Crippen LogP) is 2.12. The first-order chi connectivity index (χ1) is 8.10. The molecule has 1 rings (SSSR count). The monoisotopic (exact) mass is 234 g/mol. The quantitative estimate of drug-likeness (QED) is 0.424. The Labute approximate surface area is 99.2 Å². The van der Waals surface area contributed by atoms with Crippen LogP contribution in [-0.4, -0.2) is 24.3 Å². The van der Waals surface area contributed by atoms with Gasteiger partial charge in [-0.2, -0.15) is 0 Å². The van der Waals surface area contributed by atoms with Gasteiger partial charge in [0.05, 0.1) is 18.4 Å². The highest BCUT2D eigenvalue weighted by atomic mass is 16.5. The second-order valence-electron chi connectivity index (χ2n) is 3.30. The fourth-order valence-electron chi connectivity index (χ4n) is 1.27. The molecule has 0 bridgehead atoms. The van der Waals surface area contributed by atoms with Crippen molar-refractivity contribution in [2.45, 2.75) is 6.92 Å². The lowest BCUT2D eigenvalue weighted by atomic mass is 10.2. The van der Waals surface area contributed by atoms with E-state index in [1.807, 2.05) is 0 Å². The van der Waals surface area contributed by atoms with Crippen molar-refractivity contribution in [2.75, 3.05) is 12.4 Å². The summed E-state index contributed by atoms with van der Waals surface area (Å²) in [5.41, 5.74) is 0.400. The van der Waals surface area contributed by atoms with Gasteiger partial charge in [-0.15, -0.1) is 0 Å². The highest BCUT2D eigenvalue weighted by molar-refractivity contribution is 6.17. The molecule has 3 N–H and O–H groups in total. The van der Waals surface area contributed by atoms with Crippen LogP contribution in [0.25, 0.3) is 0 Å². The number of carbonyl (C=O) groups excluding carboxylic acids is 1. The Hall–Kier alpha value is -2.30. The molecule has 1 aromatic rings. The number of carbonyl (C=O) groups is 1. The van der Waals surface area contributed by atoms with E-state index in [9.17, 15) is 9.90 Å². The Balaban J connectivity index is 2.96. The molecule has 5 nitrogen and oxygen atoms in total. The molecule has 0 fully saturated rings. The molecule has 0 aliphatic carbocycles. The molecule has 0 aliphatic rings. The number of ether oxygens (including phenoxy) is 1. The van der Waals surface area contributed by atoms with Gasteiger partial charge >= 0.3 is 0 Å². The zero-order chi connectivity index (χ0) is 12.8. The second-order valence-corrected chi connectivity index (χ2v) is 3.30. The maximum Gasteiger partial charge on any atom is 0.260 e. The predicted molar refractivity (Wildman–Crippen MR) is 65.7 cm³/mol. The van der Waals surface area contributed by atoms with Crippen LogP contribution in [0.2, 0.25) is 0 Å². The van der Waals surface area contributed by atoms with Crippen LogP contribution in [-0.2, 0) is 4.79 Å². The number of anilines is 1. The van der Waals surface area contributed by atoms with Gasteiger partial charge in [0, 0.05) is 6.21 Å². The minimum Gasteiger partial charge on any atom is -0.512 e. The van der Waals surface area contributed by atoms with E-state index in [0.29, 0.717) is 11.4 Å². The number of aliphatic hydroxyl groups is 1. The van der Waals surface area contributed by atoms with E-state index in [1.54, 1.807) is 24.3 Å². The van der Waals surface area contributed by atoms with Gasteiger partial charge in [0.2, 0.25) is 0 Å². The van der Waals surface area contributed by atoms with Crippen LogP contribution in [0.1, 0.15) is 6.92 Å². The van der Waals surface area contributed by atoms with Crippen LogP contribution in [0, 0.1) is 5.41 Å². The van der Waals surface area contributed by atoms with Crippen molar-refractivity contribution in [3.05, 3.63) is 35.6 Å². The van der Waals surface area contributed by atoms with E-state index in [-0.39, 0.29) is 11.3 Å². The van der Waals surface area contributed by atoms with Gasteiger partial charge in [-0.3, -0.25) is 4.79 Å². The zero-order valence-corrected chi connectivity index (χ0v) is 9.65. The minimum absolute atomic E-state index is 0.0871. The third-order valence-corrected chi connectivity index (χ3v) is 2.13. The number of para-hydroxylation sites is 2. The molecule has 1 aromatic carbocycles. The summed E-state index contributed by atoms with van der Waals surface area (Å²) in [7, 11) is 1.50. The number of hydrogen-bond acceptors (Lipinski definition) is 4. The first kappa shape index (κ1) is 12.8. The fraction of sp³-hybridized carbons (Fsp3) is 0.167. The van der Waals surface area contributed by atoms with Crippen molar-refractivity contribution in [3.8, 4) is 5.75 Å². The number of hydrogen-bond donors (Lipinski definition) is 3. The van der Waals surface area contributed by atoms with Crippen LogP contribution < -0.4 is 10.1 Å². The lowest BCUT2D eigenvalue weighted by molar-refractivity contribution is -0.112. The van der Waals surface area contributed by atoms with E-state index in [2.05, 4.69) is 5.32 Å². The molecular formula is C12H14N2O3. The molecule has 17 heavy (non-hydrogen) atoms. The average Bonchev–Trinajstić information content (AvgIpc) is 2.30. The molecule has 90 valence electrons. The van der Waals surface area contributed by atoms with Crippen LogP contribution >= 0.6 is 0 Å². The molecule has 0 aliphatic heterocycles. The summed E-state index contributed by atoms with van der Waals surface area (Å²) in [6.45, 7) is 1.35. The van der Waals surface area contributed by atoms with E-state index in [0.717, 1.165) is 6.21 Å². The smallest absolute Gasteiger partial charge is 0.260 e. The molecular weight excluding hydrogens is 220 g/mol. The Morgan fingerprint density at radius 2 is 2.12 bits per heavy atom. The summed E-state index contributed by atoms with van der Waals surface area (Å²) in [5.74, 6) is -0.238. The molecule has 0 unspecified atom stereocenters. The van der Waals surface area contributed by atoms with Crippen molar-refractivity contribution < 1.29 is 14.6 Å². The molecule has 0 radical (unpaired) electrons. The summed E-state index contributed by atoms with van der Waals surface area (Å²) in [6, 6.07) is 6.90. The molecule has 0 atom stereocenters. The number of methoxy groups -OCH3 is 1. The van der Waals surface area contributed by atoms with E-state index in [4.69, 9.17) is 10.1 Å². The van der Waals surface area contributed by atoms with Crippen LogP contribution in [0.3, 0.4) is 0 Å². The third-order valence-electron chi connectivity index (χ3n) is 2.13. The van der Waals surface area contributed by atoms with E-state index in [1.165, 1.54) is 14.0 Å². The second kappa shape index (κ2) is 5.69. The molecule has 0 saturated carbocycles. The topological polar surface area (TPSA) is 82.4 Å². The number of nitrogens with one attached hydrogen (secondary N) is 2. The SMILES string of the molecule is COc1ccccc1NC(=O)/C(C=N)=C(/C)O. The van der Waals surface area contributed by atoms with E-state index < -0.39 is 5.91 Å². The zero-order valence-electron chi connectivity index (χ0n) is 9.65. The van der Waals surface area contributed by atoms with Gasteiger partial charge in [-0.05, 0) is 19.1 Å². The molecule has 0 heterocycles. The van der Waals surface area contributed by atoms with Gasteiger partial charge < -0.3 is 20.6 Å². The summed E-state index contributed by atoms with van der Waals surface area (Å²) >= 11 is 0. The lowest BCUT2D eigenvalue weighted by Crippen LogP contribution is -2.17. The number of allylic oxidation sites excluding steroid dienone is 1. The van der Waals surface area contributed by atoms with Gasteiger partial charge in [-0.25, -0.2) is 0 Å². The Bertz CT molecular complexity index is 463. The van der Waals surface area contributed by atoms with Crippen molar-refractivity contribution in [2.24, 2.45) is 0 Å². The summed E-state index contributed by atoms with van der Waals surface area (Å²) in [4.78, 5) is 11.7. The normalized spacial score (nSPS) is 11.4. The maximum atomic E-state index is 11.7. The number of benzene rings is 1. The van der Waals surface area contributed by atoms with Gasteiger partial charge in [0.25, 0.3) is 5.91 Å². The van der Waals surface area contributed by atoms with Gasteiger partial charge in [-0.1, -0.05) is 12.1 Å². The Morgan fingerprint density at radius 3 is 2.65 bits per heavy atom. The highest BCUT2D eigenvalue weighted by Crippen LogP contribution is 2.23. The lowest BCUT2D eigenvalue weighted by Gasteiger charge is -2.10. The summed E-state index contributed by atoms with van der Waals surface area (Å²) in [6.07, 6.45) is 0.806. The van der Waals surface area contributed by atoms with Crippen LogP contribution in [0.4, 0.5) is 5.69 Å². The summed E-state index contributed by atoms with van der Waals surface area (Å²) < 4.78 is 5.07. The molecule has 5 heteroatoms. The number of rotatable bonds is 4. The maximum absolute atomic E-state index is 11.7. The minimum atomic E-state index is -0.551. The van der Waals surface area contributed by atoms with Crippen molar-refractivity contribution in [3.63, 3.8) is 0 Å². The molecule has 0 aromatic heterocycles. The summed E-state index contributed by atoms with van der Waals surface area (Å²) in [5, 5.41) is 18.8. The molecule has 0 saturated heterocycles. The number of aliphatic hydroxyl groups excluding tert-OH is 1. The van der Waals surface area contributed by atoms with Crippen molar-refractivity contribution >= 4 is 17.8 Å². The van der Waals surface area contributed by atoms with Gasteiger partial charge in [0.15, 0.2) is 0 Å². The first-order valence-electron chi connectivity index (χ1n) is 4.94. The largest absolute Gasteiger partial charge is 0.512 e. The third kappa shape index (κ3) is 3.07. The fourth-order valence-corrected chi connectivity index (χ4v) is 1.27. The standard InChI is InChI=1S/C12H14N2O3/c1-8(15)9(7-13)12(16)14-10-5-3-4-6-11(10)17-2/h3-7,13,15H,1-2H3,(H,14,16)/b9-8-,13-7?. The highest BCUT2D eigenvalue weighted by Gasteiger charge is 2.12. The average molecular weight is 234 g/mol. The van der Waals surface area contributed by atoms with Crippen LogP contribution in [0.15, 0.2) is 35.6 Å². The molecule has 0 spiro atoms. The van der Waals surface area contributed by atoms with Crippen LogP contribution in [0.5, 0.6) is 5.75 Å².